The Hall–Kier alpha value is -1.10. The lowest BCUT2D eigenvalue weighted by atomic mass is 9.68. The highest BCUT2D eigenvalue weighted by Crippen LogP contribution is 2.43. The number of rotatable bonds is 4. The van der Waals surface area contributed by atoms with Crippen molar-refractivity contribution >= 4 is 17.5 Å². The standard InChI is InChI=1S/C17H22ClNO3/c1-21-12-17(7-2-8-17)16(20)19-9-10-22-15(11-19)13-3-5-14(18)6-4-13/h3-6,15H,2,7-12H2,1H3. The molecule has 1 saturated heterocycles. The Morgan fingerprint density at radius 1 is 1.41 bits per heavy atom. The Morgan fingerprint density at radius 2 is 2.14 bits per heavy atom. The van der Waals surface area contributed by atoms with E-state index >= 15 is 0 Å². The molecule has 1 amide bonds. The molecule has 1 aromatic carbocycles. The Kier molecular flexibility index (Phi) is 4.71. The summed E-state index contributed by atoms with van der Waals surface area (Å²) < 4.78 is 11.1. The highest BCUT2D eigenvalue weighted by Gasteiger charge is 2.47. The SMILES string of the molecule is COCC1(C(=O)N2CCOC(c3ccc(Cl)cc3)C2)CCC1. The third kappa shape index (κ3) is 3.00. The molecule has 5 heteroatoms. The zero-order chi connectivity index (χ0) is 15.6. The molecule has 2 aliphatic rings. The molecule has 1 aliphatic heterocycles. The van der Waals surface area contributed by atoms with Gasteiger partial charge in [-0.1, -0.05) is 30.2 Å². The molecule has 1 aromatic rings. The first-order chi connectivity index (χ1) is 10.6. The van der Waals surface area contributed by atoms with Gasteiger partial charge in [0.25, 0.3) is 0 Å². The Morgan fingerprint density at radius 3 is 2.73 bits per heavy atom. The molecule has 0 bridgehead atoms. The second-order valence-corrected chi connectivity index (χ2v) is 6.67. The average molecular weight is 324 g/mol. The van der Waals surface area contributed by atoms with E-state index in [2.05, 4.69) is 0 Å². The highest BCUT2D eigenvalue weighted by atomic mass is 35.5. The minimum absolute atomic E-state index is 0.0744. The Labute approximate surface area is 136 Å². The third-order valence-corrected chi connectivity index (χ3v) is 5.03. The van der Waals surface area contributed by atoms with Crippen LogP contribution in [0.1, 0.15) is 30.9 Å². The molecular formula is C17H22ClNO3. The summed E-state index contributed by atoms with van der Waals surface area (Å²) in [5.41, 5.74) is 0.771. The van der Waals surface area contributed by atoms with Crippen molar-refractivity contribution < 1.29 is 14.3 Å². The van der Waals surface area contributed by atoms with Crippen molar-refractivity contribution in [3.05, 3.63) is 34.9 Å². The fourth-order valence-corrected chi connectivity index (χ4v) is 3.47. The van der Waals surface area contributed by atoms with E-state index in [1.165, 1.54) is 0 Å². The van der Waals surface area contributed by atoms with Gasteiger partial charge in [-0.3, -0.25) is 4.79 Å². The number of amides is 1. The van der Waals surface area contributed by atoms with Crippen LogP contribution in [0.25, 0.3) is 0 Å². The minimum Gasteiger partial charge on any atom is -0.384 e. The number of hydrogen-bond acceptors (Lipinski definition) is 3. The lowest BCUT2D eigenvalue weighted by Gasteiger charge is -2.45. The van der Waals surface area contributed by atoms with Gasteiger partial charge in [0, 0.05) is 18.7 Å². The summed E-state index contributed by atoms with van der Waals surface area (Å²) in [5.74, 6) is 0.225. The number of hydrogen-bond donors (Lipinski definition) is 0. The van der Waals surface area contributed by atoms with E-state index in [1.54, 1.807) is 7.11 Å². The van der Waals surface area contributed by atoms with Crippen molar-refractivity contribution in [2.24, 2.45) is 5.41 Å². The monoisotopic (exact) mass is 323 g/mol. The number of benzene rings is 1. The first-order valence-electron chi connectivity index (χ1n) is 7.80. The first kappa shape index (κ1) is 15.8. The van der Waals surface area contributed by atoms with Crippen LogP contribution in [0, 0.1) is 5.41 Å². The summed E-state index contributed by atoms with van der Waals surface area (Å²) in [6.45, 7) is 2.36. The van der Waals surface area contributed by atoms with E-state index in [0.717, 1.165) is 24.8 Å². The average Bonchev–Trinajstić information content (AvgIpc) is 2.51. The maximum Gasteiger partial charge on any atom is 0.231 e. The fourth-order valence-electron chi connectivity index (χ4n) is 3.35. The van der Waals surface area contributed by atoms with E-state index < -0.39 is 0 Å². The third-order valence-electron chi connectivity index (χ3n) is 4.78. The van der Waals surface area contributed by atoms with Crippen LogP contribution in [0.4, 0.5) is 0 Å². The number of nitrogens with zero attached hydrogens (tertiary/aromatic N) is 1. The van der Waals surface area contributed by atoms with Gasteiger partial charge in [-0.25, -0.2) is 0 Å². The molecule has 4 nitrogen and oxygen atoms in total. The fraction of sp³-hybridized carbons (Fsp3) is 0.588. The maximum atomic E-state index is 12.9. The van der Waals surface area contributed by atoms with Crippen molar-refractivity contribution in [1.82, 2.24) is 4.90 Å². The number of ether oxygens (including phenoxy) is 2. The topological polar surface area (TPSA) is 38.8 Å². The smallest absolute Gasteiger partial charge is 0.231 e. The van der Waals surface area contributed by atoms with Gasteiger partial charge in [-0.2, -0.15) is 0 Å². The zero-order valence-corrected chi connectivity index (χ0v) is 13.6. The van der Waals surface area contributed by atoms with Crippen molar-refractivity contribution in [2.75, 3.05) is 33.4 Å². The molecule has 3 rings (SSSR count). The quantitative estimate of drug-likeness (QED) is 0.855. The molecule has 0 spiro atoms. The van der Waals surface area contributed by atoms with E-state index in [-0.39, 0.29) is 17.4 Å². The number of halogens is 1. The number of morpholine rings is 1. The van der Waals surface area contributed by atoms with Gasteiger partial charge in [0.05, 0.1) is 25.2 Å². The van der Waals surface area contributed by atoms with E-state index in [1.807, 2.05) is 29.2 Å². The van der Waals surface area contributed by atoms with Crippen LogP contribution in [-0.2, 0) is 14.3 Å². The summed E-state index contributed by atoms with van der Waals surface area (Å²) in [5, 5.41) is 0.709. The summed E-state index contributed by atoms with van der Waals surface area (Å²) in [6.07, 6.45) is 2.90. The summed E-state index contributed by atoms with van der Waals surface area (Å²) in [7, 11) is 1.67. The van der Waals surface area contributed by atoms with Gasteiger partial charge in [-0.05, 0) is 30.5 Å². The summed E-state index contributed by atoms with van der Waals surface area (Å²) in [4.78, 5) is 14.8. The molecule has 1 unspecified atom stereocenters. The normalized spacial score (nSPS) is 23.9. The van der Waals surface area contributed by atoms with Crippen molar-refractivity contribution in [3.63, 3.8) is 0 Å². The Bertz CT molecular complexity index is 527. The molecule has 1 atom stereocenters. The number of methoxy groups -OCH3 is 1. The first-order valence-corrected chi connectivity index (χ1v) is 8.18. The molecule has 2 fully saturated rings. The van der Waals surface area contributed by atoms with Gasteiger partial charge in [0.1, 0.15) is 6.10 Å². The van der Waals surface area contributed by atoms with Crippen LogP contribution in [0.5, 0.6) is 0 Å². The van der Waals surface area contributed by atoms with Gasteiger partial charge < -0.3 is 14.4 Å². The lowest BCUT2D eigenvalue weighted by molar-refractivity contribution is -0.159. The van der Waals surface area contributed by atoms with Crippen LogP contribution in [0.15, 0.2) is 24.3 Å². The summed E-state index contributed by atoms with van der Waals surface area (Å²) in [6, 6.07) is 7.66. The molecule has 1 saturated carbocycles. The predicted octanol–water partition coefficient (Wildman–Crippen LogP) is 3.06. The van der Waals surface area contributed by atoms with E-state index in [4.69, 9.17) is 21.1 Å². The summed E-state index contributed by atoms with van der Waals surface area (Å²) >= 11 is 5.93. The van der Waals surface area contributed by atoms with Gasteiger partial charge in [0.2, 0.25) is 5.91 Å². The molecule has 0 aromatic heterocycles. The molecule has 120 valence electrons. The largest absolute Gasteiger partial charge is 0.384 e. The van der Waals surface area contributed by atoms with Gasteiger partial charge >= 0.3 is 0 Å². The Balaban J connectivity index is 1.70. The van der Waals surface area contributed by atoms with Crippen molar-refractivity contribution in [1.29, 1.82) is 0 Å². The van der Waals surface area contributed by atoms with E-state index in [9.17, 15) is 4.79 Å². The number of carbonyl (C=O) groups excluding carboxylic acids is 1. The molecule has 1 heterocycles. The lowest BCUT2D eigenvalue weighted by Crippen LogP contribution is -2.53. The molecule has 0 radical (unpaired) electrons. The van der Waals surface area contributed by atoms with Crippen molar-refractivity contribution in [2.45, 2.75) is 25.4 Å². The van der Waals surface area contributed by atoms with Crippen molar-refractivity contribution in [3.8, 4) is 0 Å². The van der Waals surface area contributed by atoms with Crippen LogP contribution in [0.2, 0.25) is 5.02 Å². The minimum atomic E-state index is -0.295. The molecule has 0 N–H and O–H groups in total. The van der Waals surface area contributed by atoms with E-state index in [0.29, 0.717) is 31.3 Å². The van der Waals surface area contributed by atoms with Crippen LogP contribution in [0.3, 0.4) is 0 Å². The predicted molar refractivity (Wildman–Crippen MR) is 84.9 cm³/mol. The molecular weight excluding hydrogens is 302 g/mol. The molecule has 1 aliphatic carbocycles. The van der Waals surface area contributed by atoms with Gasteiger partial charge in [0.15, 0.2) is 0 Å². The second kappa shape index (κ2) is 6.57. The van der Waals surface area contributed by atoms with Gasteiger partial charge in [-0.15, -0.1) is 0 Å². The molecule has 22 heavy (non-hydrogen) atoms. The van der Waals surface area contributed by atoms with Crippen LogP contribution in [-0.4, -0.2) is 44.2 Å². The zero-order valence-electron chi connectivity index (χ0n) is 12.9. The van der Waals surface area contributed by atoms with Crippen LogP contribution < -0.4 is 0 Å². The number of carbonyl (C=O) groups is 1. The van der Waals surface area contributed by atoms with Crippen LogP contribution >= 0.6 is 11.6 Å². The maximum absolute atomic E-state index is 12.9. The second-order valence-electron chi connectivity index (χ2n) is 6.23. The highest BCUT2D eigenvalue weighted by molar-refractivity contribution is 6.30.